The van der Waals surface area contributed by atoms with Gasteiger partial charge in [-0.25, -0.2) is 14.8 Å². The Morgan fingerprint density at radius 1 is 1.00 bits per heavy atom. The van der Waals surface area contributed by atoms with Gasteiger partial charge in [-0.1, -0.05) is 0 Å². The van der Waals surface area contributed by atoms with Crippen molar-refractivity contribution in [3.05, 3.63) is 56.8 Å². The SMILES string of the molecule is Cc1cc2ncn(C(=O)Cn3cnc4c3c(=O)n(C)c(=O)n4C)c2cc1C. The lowest BCUT2D eigenvalue weighted by Gasteiger charge is -2.08. The summed E-state index contributed by atoms with van der Waals surface area (Å²) in [4.78, 5) is 45.8. The van der Waals surface area contributed by atoms with Gasteiger partial charge in [-0.3, -0.25) is 23.3 Å². The molecule has 0 unspecified atom stereocenters. The molecule has 9 nitrogen and oxygen atoms in total. The lowest BCUT2D eigenvalue weighted by molar-refractivity contribution is 0.0897. The summed E-state index contributed by atoms with van der Waals surface area (Å²) in [5.41, 5.74) is 3.13. The third kappa shape index (κ3) is 2.42. The monoisotopic (exact) mass is 366 g/mol. The highest BCUT2D eigenvalue weighted by Crippen LogP contribution is 2.18. The number of aryl methyl sites for hydroxylation is 3. The summed E-state index contributed by atoms with van der Waals surface area (Å²) in [5.74, 6) is -0.254. The van der Waals surface area contributed by atoms with Gasteiger partial charge in [-0.15, -0.1) is 0 Å². The third-order valence-corrected chi connectivity index (χ3v) is 4.95. The predicted molar refractivity (Wildman–Crippen MR) is 100 cm³/mol. The van der Waals surface area contributed by atoms with Crippen molar-refractivity contribution in [1.29, 1.82) is 0 Å². The van der Waals surface area contributed by atoms with Crippen molar-refractivity contribution >= 4 is 28.1 Å². The zero-order valence-electron chi connectivity index (χ0n) is 15.4. The highest BCUT2D eigenvalue weighted by molar-refractivity contribution is 5.91. The molecule has 4 rings (SSSR count). The number of nitrogens with zero attached hydrogens (tertiary/aromatic N) is 6. The van der Waals surface area contributed by atoms with Gasteiger partial charge in [0, 0.05) is 14.1 Å². The van der Waals surface area contributed by atoms with E-state index in [2.05, 4.69) is 9.97 Å². The number of hydrogen-bond acceptors (Lipinski definition) is 5. The quantitative estimate of drug-likeness (QED) is 0.521. The van der Waals surface area contributed by atoms with Gasteiger partial charge in [-0.2, -0.15) is 0 Å². The fourth-order valence-corrected chi connectivity index (χ4v) is 3.20. The van der Waals surface area contributed by atoms with Gasteiger partial charge in [-0.05, 0) is 37.1 Å². The first-order chi connectivity index (χ1) is 12.8. The Bertz CT molecular complexity index is 1350. The van der Waals surface area contributed by atoms with Crippen LogP contribution in [0, 0.1) is 13.8 Å². The standard InChI is InChI=1S/C18H18N6O3/c1-10-5-12-13(6-11(10)2)24(9-19-12)14(25)7-23-8-20-16-15(23)17(26)22(4)18(27)21(16)3/h5-6,8-9H,7H2,1-4H3. The van der Waals surface area contributed by atoms with Crippen LogP contribution in [0.3, 0.4) is 0 Å². The molecular weight excluding hydrogens is 348 g/mol. The first kappa shape index (κ1) is 17.0. The van der Waals surface area contributed by atoms with E-state index in [0.717, 1.165) is 21.2 Å². The van der Waals surface area contributed by atoms with Crippen molar-refractivity contribution in [1.82, 2.24) is 28.2 Å². The first-order valence-corrected chi connectivity index (χ1v) is 8.38. The number of rotatable bonds is 2. The third-order valence-electron chi connectivity index (χ3n) is 4.95. The summed E-state index contributed by atoms with van der Waals surface area (Å²) in [6, 6.07) is 3.86. The second-order valence-corrected chi connectivity index (χ2v) is 6.68. The number of carbonyl (C=O) groups is 1. The van der Waals surface area contributed by atoms with Crippen LogP contribution in [-0.4, -0.2) is 34.1 Å². The maximum absolute atomic E-state index is 12.9. The van der Waals surface area contributed by atoms with Gasteiger partial charge in [0.1, 0.15) is 12.9 Å². The maximum atomic E-state index is 12.9. The van der Waals surface area contributed by atoms with E-state index in [1.807, 2.05) is 26.0 Å². The summed E-state index contributed by atoms with van der Waals surface area (Å²) in [6.45, 7) is 3.87. The molecule has 0 spiro atoms. The predicted octanol–water partition coefficient (Wildman–Crippen LogP) is 0.741. The zero-order valence-corrected chi connectivity index (χ0v) is 15.4. The Morgan fingerprint density at radius 2 is 1.70 bits per heavy atom. The number of benzene rings is 1. The molecule has 0 fully saturated rings. The summed E-state index contributed by atoms with van der Waals surface area (Å²) in [6.07, 6.45) is 2.89. The molecule has 138 valence electrons. The molecular formula is C18H18N6O3. The number of hydrogen-bond donors (Lipinski definition) is 0. The molecule has 0 radical (unpaired) electrons. The Balaban J connectivity index is 1.82. The zero-order chi connectivity index (χ0) is 19.5. The number of imidazole rings is 2. The molecule has 1 aromatic carbocycles. The second-order valence-electron chi connectivity index (χ2n) is 6.68. The van der Waals surface area contributed by atoms with E-state index in [1.54, 1.807) is 0 Å². The normalized spacial score (nSPS) is 11.6. The van der Waals surface area contributed by atoms with Crippen molar-refractivity contribution in [3.8, 4) is 0 Å². The average molecular weight is 366 g/mol. The van der Waals surface area contributed by atoms with Gasteiger partial charge >= 0.3 is 5.69 Å². The Morgan fingerprint density at radius 3 is 2.44 bits per heavy atom. The highest BCUT2D eigenvalue weighted by Gasteiger charge is 2.18. The van der Waals surface area contributed by atoms with Crippen LogP contribution in [0.1, 0.15) is 15.9 Å². The fourth-order valence-electron chi connectivity index (χ4n) is 3.20. The van der Waals surface area contributed by atoms with E-state index < -0.39 is 11.2 Å². The fraction of sp³-hybridized carbons (Fsp3) is 0.278. The average Bonchev–Trinajstić information content (AvgIpc) is 3.23. The van der Waals surface area contributed by atoms with Crippen molar-refractivity contribution in [2.75, 3.05) is 0 Å². The van der Waals surface area contributed by atoms with Crippen LogP contribution >= 0.6 is 0 Å². The van der Waals surface area contributed by atoms with E-state index in [9.17, 15) is 14.4 Å². The van der Waals surface area contributed by atoms with Crippen molar-refractivity contribution in [3.63, 3.8) is 0 Å². The second kappa shape index (κ2) is 5.76. The summed E-state index contributed by atoms with van der Waals surface area (Å²) < 4.78 is 5.23. The molecule has 0 atom stereocenters. The van der Waals surface area contributed by atoms with E-state index >= 15 is 0 Å². The van der Waals surface area contributed by atoms with E-state index in [4.69, 9.17) is 0 Å². The van der Waals surface area contributed by atoms with Gasteiger partial charge in [0.2, 0.25) is 0 Å². The summed E-state index contributed by atoms with van der Waals surface area (Å²) in [7, 11) is 2.94. The first-order valence-electron chi connectivity index (χ1n) is 8.38. The van der Waals surface area contributed by atoms with Crippen LogP contribution in [0.4, 0.5) is 0 Å². The molecule has 27 heavy (non-hydrogen) atoms. The van der Waals surface area contributed by atoms with Gasteiger partial charge in [0.15, 0.2) is 11.2 Å². The topological polar surface area (TPSA) is 96.7 Å². The molecule has 4 aromatic rings. The molecule has 0 N–H and O–H groups in total. The molecule has 3 heterocycles. The molecule has 0 aliphatic rings. The number of aromatic nitrogens is 6. The smallest absolute Gasteiger partial charge is 0.315 e. The van der Waals surface area contributed by atoms with Crippen LogP contribution < -0.4 is 11.2 Å². The highest BCUT2D eigenvalue weighted by atomic mass is 16.2. The van der Waals surface area contributed by atoms with Crippen LogP contribution in [0.5, 0.6) is 0 Å². The number of fused-ring (bicyclic) bond motifs is 2. The van der Waals surface area contributed by atoms with E-state index in [1.165, 1.54) is 40.5 Å². The van der Waals surface area contributed by atoms with Crippen LogP contribution in [0.15, 0.2) is 34.4 Å². The van der Waals surface area contributed by atoms with E-state index in [-0.39, 0.29) is 23.6 Å². The molecule has 9 heteroatoms. The Hall–Kier alpha value is -3.49. The molecule has 0 saturated carbocycles. The van der Waals surface area contributed by atoms with Crippen molar-refractivity contribution < 1.29 is 4.79 Å². The lowest BCUT2D eigenvalue weighted by atomic mass is 10.1. The Labute approximate surface area is 153 Å². The lowest BCUT2D eigenvalue weighted by Crippen LogP contribution is -2.37. The molecule has 0 aliphatic carbocycles. The summed E-state index contributed by atoms with van der Waals surface area (Å²) in [5, 5.41) is 0. The van der Waals surface area contributed by atoms with Crippen molar-refractivity contribution in [2.45, 2.75) is 20.4 Å². The van der Waals surface area contributed by atoms with Crippen LogP contribution in [0.25, 0.3) is 22.2 Å². The minimum Gasteiger partial charge on any atom is -0.315 e. The molecule has 0 amide bonds. The Kier molecular flexibility index (Phi) is 3.62. The minimum absolute atomic E-state index is 0.0949. The maximum Gasteiger partial charge on any atom is 0.332 e. The van der Waals surface area contributed by atoms with Crippen LogP contribution in [-0.2, 0) is 20.6 Å². The molecule has 0 saturated heterocycles. The molecule has 3 aromatic heterocycles. The van der Waals surface area contributed by atoms with Crippen molar-refractivity contribution in [2.24, 2.45) is 14.1 Å². The van der Waals surface area contributed by atoms with Gasteiger partial charge in [0.25, 0.3) is 11.5 Å². The number of carbonyl (C=O) groups excluding carboxylic acids is 1. The molecule has 0 aliphatic heterocycles. The van der Waals surface area contributed by atoms with Gasteiger partial charge < -0.3 is 4.57 Å². The minimum atomic E-state index is -0.486. The summed E-state index contributed by atoms with van der Waals surface area (Å²) >= 11 is 0. The van der Waals surface area contributed by atoms with Gasteiger partial charge in [0.05, 0.1) is 17.4 Å². The largest absolute Gasteiger partial charge is 0.332 e. The van der Waals surface area contributed by atoms with Crippen LogP contribution in [0.2, 0.25) is 0 Å². The van der Waals surface area contributed by atoms with E-state index in [0.29, 0.717) is 5.52 Å². The molecule has 0 bridgehead atoms.